The topological polar surface area (TPSA) is 170 Å². The lowest BCUT2D eigenvalue weighted by Crippen LogP contribution is -2.56. The van der Waals surface area contributed by atoms with E-state index in [-0.39, 0.29) is 48.3 Å². The van der Waals surface area contributed by atoms with Gasteiger partial charge in [0.25, 0.3) is 17.7 Å². The van der Waals surface area contributed by atoms with Crippen molar-refractivity contribution in [2.24, 2.45) is 0 Å². The molecule has 4 aliphatic rings. The number of urea groups is 1. The molecule has 0 bridgehead atoms. The third-order valence-electron chi connectivity index (χ3n) is 10.7. The molecule has 3 N–H and O–H groups in total. The highest BCUT2D eigenvalue weighted by molar-refractivity contribution is 6.05. The molecular formula is C39H39N11O5. The van der Waals surface area contributed by atoms with Crippen molar-refractivity contribution < 1.29 is 24.0 Å². The maximum absolute atomic E-state index is 13.1. The van der Waals surface area contributed by atoms with Crippen LogP contribution in [-0.4, -0.2) is 103 Å². The van der Waals surface area contributed by atoms with Gasteiger partial charge >= 0.3 is 6.03 Å². The number of hydrogen-bond donors (Lipinski definition) is 3. The second-order valence-corrected chi connectivity index (χ2v) is 14.5. The number of hydrogen-bond acceptors (Lipinski definition) is 9. The molecule has 0 radical (unpaired) electrons. The van der Waals surface area contributed by atoms with Gasteiger partial charge in [0.2, 0.25) is 5.91 Å². The van der Waals surface area contributed by atoms with E-state index in [9.17, 15) is 24.0 Å². The van der Waals surface area contributed by atoms with Crippen molar-refractivity contribution in [1.29, 1.82) is 0 Å². The zero-order valence-corrected chi connectivity index (χ0v) is 30.2. The third-order valence-corrected chi connectivity index (χ3v) is 10.7. The molecule has 3 aromatic heterocycles. The van der Waals surface area contributed by atoms with Crippen LogP contribution in [0.3, 0.4) is 0 Å². The van der Waals surface area contributed by atoms with Gasteiger partial charge in [0.1, 0.15) is 17.0 Å². The number of fused-ring (bicyclic) bond motifs is 4. The van der Waals surface area contributed by atoms with Gasteiger partial charge in [-0.25, -0.2) is 19.8 Å². The molecular weight excluding hydrogens is 703 g/mol. The smallest absolute Gasteiger partial charge is 0.342 e. The first kappa shape index (κ1) is 34.2. The number of rotatable bonds is 8. The zero-order chi connectivity index (χ0) is 37.8. The van der Waals surface area contributed by atoms with E-state index >= 15 is 0 Å². The Morgan fingerprint density at radius 1 is 0.891 bits per heavy atom. The number of nitrogens with one attached hydrogen (secondary N) is 3. The van der Waals surface area contributed by atoms with E-state index in [1.807, 2.05) is 29.7 Å². The van der Waals surface area contributed by atoms with Crippen molar-refractivity contribution in [2.45, 2.75) is 39.0 Å². The number of hydrazine groups is 1. The maximum atomic E-state index is 13.1. The standard InChI is InChI=1S/C39H39N11O5/c1-24-18-40-37(53)33-17-27-5-9-32(43-35(27)50(24)33)36(52)42-29-19-41-47(23-29)21-25-2-6-30(7-3-25)46-14-12-45(13-15-46)20-26-4-8-31-28(16-26)22-49(38(31)54)48-11-10-34(51)44-39(48)55/h2-9,16-17,19,23-24H,10-15,18,20-22H2,1H3,(H,40,53)(H,42,52)(H,44,51,55)/t24-/m1/s1. The van der Waals surface area contributed by atoms with E-state index in [0.29, 0.717) is 42.2 Å². The summed E-state index contributed by atoms with van der Waals surface area (Å²) >= 11 is 0. The lowest BCUT2D eigenvalue weighted by Gasteiger charge is -2.36. The summed E-state index contributed by atoms with van der Waals surface area (Å²) in [5, 5.41) is 16.1. The summed E-state index contributed by atoms with van der Waals surface area (Å²) in [6.07, 6.45) is 3.58. The average Bonchev–Trinajstić information content (AvgIpc) is 3.89. The molecule has 2 fully saturated rings. The number of piperazine rings is 1. The van der Waals surface area contributed by atoms with E-state index in [1.165, 1.54) is 10.0 Å². The molecule has 16 nitrogen and oxygen atoms in total. The largest absolute Gasteiger partial charge is 0.369 e. The van der Waals surface area contributed by atoms with E-state index in [2.05, 4.69) is 66.2 Å². The fraction of sp³-hybridized carbons (Fsp3) is 0.308. The Balaban J connectivity index is 0.766. The molecule has 0 saturated carbocycles. The molecule has 7 heterocycles. The molecule has 0 spiro atoms. The first-order valence-corrected chi connectivity index (χ1v) is 18.4. The third kappa shape index (κ3) is 6.54. The van der Waals surface area contributed by atoms with Gasteiger partial charge in [0.05, 0.1) is 37.6 Å². The van der Waals surface area contributed by atoms with Gasteiger partial charge in [-0.15, -0.1) is 0 Å². The predicted molar refractivity (Wildman–Crippen MR) is 201 cm³/mol. The number of imide groups is 1. The van der Waals surface area contributed by atoms with Crippen LogP contribution < -0.4 is 20.9 Å². The first-order chi connectivity index (χ1) is 26.7. The molecule has 16 heteroatoms. The van der Waals surface area contributed by atoms with Gasteiger partial charge in [-0.05, 0) is 60.0 Å². The second-order valence-electron chi connectivity index (χ2n) is 14.5. The first-order valence-electron chi connectivity index (χ1n) is 18.4. The lowest BCUT2D eigenvalue weighted by atomic mass is 10.1. The Labute approximate surface area is 315 Å². The lowest BCUT2D eigenvalue weighted by molar-refractivity contribution is -0.123. The number of carbonyl (C=O) groups excluding carboxylic acids is 5. The van der Waals surface area contributed by atoms with E-state index in [1.54, 1.807) is 29.2 Å². The Hall–Kier alpha value is -6.55. The minimum Gasteiger partial charge on any atom is -0.369 e. The van der Waals surface area contributed by atoms with Crippen molar-refractivity contribution >= 4 is 52.1 Å². The summed E-state index contributed by atoms with van der Waals surface area (Å²) < 4.78 is 3.67. The minimum absolute atomic E-state index is 0.0278. The van der Waals surface area contributed by atoms with Crippen LogP contribution in [0.25, 0.3) is 11.0 Å². The SMILES string of the molecule is C[C@@H]1CNC(=O)c2cc3ccc(C(=O)Nc4cnn(Cc5ccc(N6CCN(Cc7ccc8c(c7)CN(N7CCC(=O)NC7=O)C8=O)CC6)cc5)c4)nc3n21. The summed E-state index contributed by atoms with van der Waals surface area (Å²) in [7, 11) is 0. The van der Waals surface area contributed by atoms with Gasteiger partial charge in [-0.1, -0.05) is 24.3 Å². The van der Waals surface area contributed by atoms with Crippen LogP contribution in [0.1, 0.15) is 67.4 Å². The zero-order valence-electron chi connectivity index (χ0n) is 30.2. The van der Waals surface area contributed by atoms with Crippen LogP contribution in [-0.2, 0) is 24.4 Å². The monoisotopic (exact) mass is 741 g/mol. The van der Waals surface area contributed by atoms with Crippen molar-refractivity contribution in [2.75, 3.05) is 49.5 Å². The number of benzene rings is 2. The molecule has 6 amide bonds. The highest BCUT2D eigenvalue weighted by Gasteiger charge is 2.37. The Morgan fingerprint density at radius 2 is 1.69 bits per heavy atom. The summed E-state index contributed by atoms with van der Waals surface area (Å²) in [5.41, 5.74) is 6.80. The van der Waals surface area contributed by atoms with Crippen molar-refractivity contribution in [3.63, 3.8) is 0 Å². The van der Waals surface area contributed by atoms with Crippen molar-refractivity contribution in [3.8, 4) is 0 Å². The molecule has 9 rings (SSSR count). The molecule has 0 aliphatic carbocycles. The van der Waals surface area contributed by atoms with Crippen LogP contribution in [0.4, 0.5) is 16.2 Å². The number of carbonyl (C=O) groups is 5. The molecule has 2 aromatic carbocycles. The molecule has 1 atom stereocenters. The van der Waals surface area contributed by atoms with Gasteiger partial charge in [-0.3, -0.25) is 34.1 Å². The fourth-order valence-corrected chi connectivity index (χ4v) is 7.83. The van der Waals surface area contributed by atoms with Crippen molar-refractivity contribution in [1.82, 2.24) is 44.9 Å². The maximum Gasteiger partial charge on any atom is 0.342 e. The summed E-state index contributed by atoms with van der Waals surface area (Å²) in [4.78, 5) is 71.8. The molecule has 2 saturated heterocycles. The number of amides is 6. The highest BCUT2D eigenvalue weighted by Crippen LogP contribution is 2.28. The normalized spacial score (nSPS) is 18.7. The summed E-state index contributed by atoms with van der Waals surface area (Å²) in [6, 6.07) is 19.1. The molecule has 4 aliphatic heterocycles. The Bertz CT molecular complexity index is 2380. The molecule has 280 valence electrons. The van der Waals surface area contributed by atoms with Crippen LogP contribution in [0, 0.1) is 0 Å². The van der Waals surface area contributed by atoms with Crippen LogP contribution in [0.2, 0.25) is 0 Å². The predicted octanol–water partition coefficient (Wildman–Crippen LogP) is 2.97. The quantitative estimate of drug-likeness (QED) is 0.217. The highest BCUT2D eigenvalue weighted by atomic mass is 16.2. The Kier molecular flexibility index (Phi) is 8.53. The average molecular weight is 742 g/mol. The summed E-state index contributed by atoms with van der Waals surface area (Å²) in [6.45, 7) is 7.85. The number of anilines is 2. The number of nitrogens with zero attached hydrogens (tertiary/aromatic N) is 8. The van der Waals surface area contributed by atoms with Crippen LogP contribution >= 0.6 is 0 Å². The van der Waals surface area contributed by atoms with Gasteiger partial charge in [0.15, 0.2) is 0 Å². The van der Waals surface area contributed by atoms with E-state index < -0.39 is 6.03 Å². The molecule has 55 heavy (non-hydrogen) atoms. The van der Waals surface area contributed by atoms with Crippen LogP contribution in [0.15, 0.2) is 73.1 Å². The van der Waals surface area contributed by atoms with Crippen LogP contribution in [0.5, 0.6) is 0 Å². The fourth-order valence-electron chi connectivity index (χ4n) is 7.83. The molecule has 0 unspecified atom stereocenters. The van der Waals surface area contributed by atoms with Gasteiger partial charge < -0.3 is 20.1 Å². The number of aromatic nitrogens is 4. The molecule has 5 aromatic rings. The Morgan fingerprint density at radius 3 is 2.49 bits per heavy atom. The second kappa shape index (κ2) is 13.7. The van der Waals surface area contributed by atoms with Crippen molar-refractivity contribution in [3.05, 3.63) is 107 Å². The van der Waals surface area contributed by atoms with Gasteiger partial charge in [0, 0.05) is 68.5 Å². The van der Waals surface area contributed by atoms with Gasteiger partial charge in [-0.2, -0.15) is 5.10 Å². The van der Waals surface area contributed by atoms with E-state index in [4.69, 9.17) is 0 Å². The van der Waals surface area contributed by atoms with E-state index in [0.717, 1.165) is 60.5 Å². The minimum atomic E-state index is -0.561. The summed E-state index contributed by atoms with van der Waals surface area (Å²) in [5.74, 6) is -1.05. The number of pyridine rings is 1.